The Morgan fingerprint density at radius 3 is 2.46 bits per heavy atom. The fraction of sp³-hybridized carbons (Fsp3) is 0.278. The van der Waals surface area contributed by atoms with Crippen LogP contribution < -0.4 is 5.32 Å². The summed E-state index contributed by atoms with van der Waals surface area (Å²) in [5.74, 6) is -1.17. The van der Waals surface area contributed by atoms with E-state index < -0.39 is 5.97 Å². The minimum Gasteiger partial charge on any atom is -0.451 e. The average Bonchev–Trinajstić information content (AvgIpc) is 2.95. The number of esters is 1. The average molecular weight is 328 g/mol. The van der Waals surface area contributed by atoms with Crippen molar-refractivity contribution in [2.24, 2.45) is 7.05 Å². The molecule has 0 saturated heterocycles. The first-order valence-corrected chi connectivity index (χ1v) is 7.57. The van der Waals surface area contributed by atoms with E-state index in [9.17, 15) is 14.4 Å². The highest BCUT2D eigenvalue weighted by atomic mass is 16.5. The quantitative estimate of drug-likeness (QED) is 0.652. The van der Waals surface area contributed by atoms with Gasteiger partial charge in [0.05, 0.1) is 6.04 Å². The van der Waals surface area contributed by atoms with Crippen LogP contribution in [0.5, 0.6) is 0 Å². The van der Waals surface area contributed by atoms with E-state index in [1.165, 1.54) is 17.6 Å². The molecule has 1 aromatic heterocycles. The van der Waals surface area contributed by atoms with Crippen LogP contribution in [0.15, 0.2) is 42.6 Å². The van der Waals surface area contributed by atoms with Crippen LogP contribution in [0.1, 0.15) is 46.3 Å². The summed E-state index contributed by atoms with van der Waals surface area (Å²) in [6, 6.07) is 10.8. The zero-order chi connectivity index (χ0) is 17.7. The van der Waals surface area contributed by atoms with Crippen molar-refractivity contribution in [2.75, 3.05) is 6.61 Å². The van der Waals surface area contributed by atoms with Crippen molar-refractivity contribution in [3.05, 3.63) is 59.4 Å². The van der Waals surface area contributed by atoms with Crippen molar-refractivity contribution in [1.29, 1.82) is 0 Å². The van der Waals surface area contributed by atoms with Gasteiger partial charge in [0.25, 0.3) is 5.91 Å². The van der Waals surface area contributed by atoms with E-state index in [0.29, 0.717) is 5.56 Å². The third-order valence-corrected chi connectivity index (χ3v) is 3.63. The van der Waals surface area contributed by atoms with Crippen LogP contribution >= 0.6 is 0 Å². The van der Waals surface area contributed by atoms with Crippen LogP contribution in [0.3, 0.4) is 0 Å². The molecule has 0 saturated carbocycles. The van der Waals surface area contributed by atoms with Crippen molar-refractivity contribution in [3.63, 3.8) is 0 Å². The van der Waals surface area contributed by atoms with Gasteiger partial charge in [-0.25, -0.2) is 4.79 Å². The van der Waals surface area contributed by atoms with E-state index in [2.05, 4.69) is 5.32 Å². The molecule has 0 bridgehead atoms. The molecule has 6 heteroatoms. The Bertz CT molecular complexity index is 750. The number of rotatable bonds is 6. The molecule has 0 radical (unpaired) electrons. The summed E-state index contributed by atoms with van der Waals surface area (Å²) in [5.41, 5.74) is 1.61. The van der Waals surface area contributed by atoms with Crippen molar-refractivity contribution in [1.82, 2.24) is 9.88 Å². The number of aryl methyl sites for hydroxylation is 1. The van der Waals surface area contributed by atoms with Crippen molar-refractivity contribution < 1.29 is 19.1 Å². The highest BCUT2D eigenvalue weighted by Crippen LogP contribution is 2.11. The molecule has 0 aliphatic carbocycles. The second kappa shape index (κ2) is 7.59. The summed E-state index contributed by atoms with van der Waals surface area (Å²) in [7, 11) is 1.64. The van der Waals surface area contributed by atoms with Crippen LogP contribution in [-0.2, 0) is 16.6 Å². The fourth-order valence-electron chi connectivity index (χ4n) is 2.27. The molecule has 0 fully saturated rings. The van der Waals surface area contributed by atoms with Gasteiger partial charge >= 0.3 is 5.97 Å². The second-order valence-corrected chi connectivity index (χ2v) is 5.56. The van der Waals surface area contributed by atoms with Crippen LogP contribution in [0.25, 0.3) is 0 Å². The Labute approximate surface area is 140 Å². The molecule has 2 rings (SSSR count). The van der Waals surface area contributed by atoms with Gasteiger partial charge in [0.2, 0.25) is 0 Å². The van der Waals surface area contributed by atoms with Crippen molar-refractivity contribution in [2.45, 2.75) is 19.9 Å². The molecule has 2 aromatic rings. The first kappa shape index (κ1) is 17.5. The highest BCUT2D eigenvalue weighted by molar-refractivity contribution is 5.98. The van der Waals surface area contributed by atoms with E-state index in [1.807, 2.05) is 37.3 Å². The maximum atomic E-state index is 12.0. The number of carbonyl (C=O) groups excluding carboxylic acids is 3. The smallest absolute Gasteiger partial charge is 0.355 e. The number of carbonyl (C=O) groups is 3. The molecule has 0 aliphatic heterocycles. The van der Waals surface area contributed by atoms with Gasteiger partial charge in [-0.05, 0) is 25.5 Å². The van der Waals surface area contributed by atoms with E-state index >= 15 is 0 Å². The summed E-state index contributed by atoms with van der Waals surface area (Å²) in [6.07, 6.45) is 1.55. The number of ketones is 1. The summed E-state index contributed by atoms with van der Waals surface area (Å²) in [4.78, 5) is 35.3. The lowest BCUT2D eigenvalue weighted by atomic mass is 10.1. The third-order valence-electron chi connectivity index (χ3n) is 3.63. The molecule has 0 aliphatic rings. The van der Waals surface area contributed by atoms with E-state index in [-0.39, 0.29) is 30.0 Å². The first-order chi connectivity index (χ1) is 11.4. The van der Waals surface area contributed by atoms with Crippen molar-refractivity contribution >= 4 is 17.7 Å². The monoisotopic (exact) mass is 328 g/mol. The van der Waals surface area contributed by atoms with Gasteiger partial charge in [-0.3, -0.25) is 9.59 Å². The number of hydrogen-bond donors (Lipinski definition) is 1. The predicted octanol–water partition coefficient (Wildman–Crippen LogP) is 2.26. The third kappa shape index (κ3) is 4.32. The topological polar surface area (TPSA) is 77.4 Å². The molecule has 1 aromatic carbocycles. The number of benzene rings is 1. The normalized spacial score (nSPS) is 11.6. The largest absolute Gasteiger partial charge is 0.451 e. The lowest BCUT2D eigenvalue weighted by molar-refractivity contribution is -0.124. The maximum Gasteiger partial charge on any atom is 0.355 e. The summed E-state index contributed by atoms with van der Waals surface area (Å²) in [5, 5.41) is 2.76. The highest BCUT2D eigenvalue weighted by Gasteiger charge is 2.17. The lowest BCUT2D eigenvalue weighted by Crippen LogP contribution is -2.31. The number of Topliss-reactive ketones (excluding diaryl/α,β-unsaturated/α-hetero) is 1. The summed E-state index contributed by atoms with van der Waals surface area (Å²) >= 11 is 0. The van der Waals surface area contributed by atoms with Crippen LogP contribution in [-0.4, -0.2) is 28.8 Å². The number of amides is 1. The van der Waals surface area contributed by atoms with Gasteiger partial charge in [-0.15, -0.1) is 0 Å². The Hall–Kier alpha value is -2.89. The van der Waals surface area contributed by atoms with Gasteiger partial charge in [-0.1, -0.05) is 30.3 Å². The van der Waals surface area contributed by atoms with Gasteiger partial charge in [0.15, 0.2) is 12.4 Å². The minimum absolute atomic E-state index is 0.140. The Kier molecular flexibility index (Phi) is 5.52. The lowest BCUT2D eigenvalue weighted by Gasteiger charge is -2.14. The zero-order valence-corrected chi connectivity index (χ0v) is 13.9. The molecule has 24 heavy (non-hydrogen) atoms. The Morgan fingerprint density at radius 2 is 1.88 bits per heavy atom. The van der Waals surface area contributed by atoms with E-state index in [0.717, 1.165) is 5.56 Å². The number of ether oxygens (including phenoxy) is 1. The van der Waals surface area contributed by atoms with E-state index in [4.69, 9.17) is 4.74 Å². The molecule has 0 spiro atoms. The zero-order valence-electron chi connectivity index (χ0n) is 13.9. The minimum atomic E-state index is -0.646. The molecule has 0 unspecified atom stereocenters. The molecule has 1 atom stereocenters. The maximum absolute atomic E-state index is 12.0. The Morgan fingerprint density at radius 1 is 1.21 bits per heavy atom. The molecule has 1 N–H and O–H groups in total. The molecular formula is C18H20N2O4. The van der Waals surface area contributed by atoms with Crippen LogP contribution in [0, 0.1) is 0 Å². The van der Waals surface area contributed by atoms with Gasteiger partial charge in [0, 0.05) is 18.8 Å². The molecule has 1 amide bonds. The first-order valence-electron chi connectivity index (χ1n) is 7.57. The standard InChI is InChI=1S/C18H20N2O4/c1-12(14-7-5-4-6-8-14)19-17(22)11-24-18(23)16-9-15(13(2)21)10-20(16)3/h4-10,12H,11H2,1-3H3,(H,19,22)/t12-/m1/s1. The summed E-state index contributed by atoms with van der Waals surface area (Å²) < 4.78 is 6.52. The molecule has 126 valence electrons. The van der Waals surface area contributed by atoms with Crippen LogP contribution in [0.4, 0.5) is 0 Å². The SMILES string of the molecule is CC(=O)c1cc(C(=O)OCC(=O)N[C@H](C)c2ccccc2)n(C)c1. The number of nitrogens with zero attached hydrogens (tertiary/aromatic N) is 1. The van der Waals surface area contributed by atoms with Gasteiger partial charge in [0.1, 0.15) is 5.69 Å². The predicted molar refractivity (Wildman–Crippen MR) is 88.7 cm³/mol. The molecular weight excluding hydrogens is 308 g/mol. The summed E-state index contributed by atoms with van der Waals surface area (Å²) in [6.45, 7) is 2.89. The van der Waals surface area contributed by atoms with Gasteiger partial charge < -0.3 is 14.6 Å². The Balaban J connectivity index is 1.89. The fourth-order valence-corrected chi connectivity index (χ4v) is 2.27. The van der Waals surface area contributed by atoms with Crippen LogP contribution in [0.2, 0.25) is 0 Å². The van der Waals surface area contributed by atoms with Gasteiger partial charge in [-0.2, -0.15) is 0 Å². The number of nitrogens with one attached hydrogen (secondary N) is 1. The molecule has 1 heterocycles. The number of aromatic nitrogens is 1. The number of hydrogen-bond acceptors (Lipinski definition) is 4. The van der Waals surface area contributed by atoms with E-state index in [1.54, 1.807) is 13.2 Å². The van der Waals surface area contributed by atoms with Crippen molar-refractivity contribution in [3.8, 4) is 0 Å². The second-order valence-electron chi connectivity index (χ2n) is 5.56. The molecule has 6 nitrogen and oxygen atoms in total.